The lowest BCUT2D eigenvalue weighted by Gasteiger charge is -2.24. The largest absolute Gasteiger partial charge is 0.493 e. The van der Waals surface area contributed by atoms with E-state index in [9.17, 15) is 4.79 Å². The first kappa shape index (κ1) is 28.0. The van der Waals surface area contributed by atoms with Crippen molar-refractivity contribution < 1.29 is 42.7 Å². The first-order valence-electron chi connectivity index (χ1n) is 9.99. The molecule has 0 aliphatic carbocycles. The molecular formula is C24H34O9. The number of benzene rings is 2. The van der Waals surface area contributed by atoms with Crippen molar-refractivity contribution >= 4 is 6.29 Å². The second-order valence-corrected chi connectivity index (χ2v) is 6.54. The van der Waals surface area contributed by atoms with E-state index in [4.69, 9.17) is 28.4 Å². The minimum atomic E-state index is -0.611. The molecule has 0 heterocycles. The molecule has 184 valence electrons. The molecule has 0 spiro atoms. The van der Waals surface area contributed by atoms with Crippen molar-refractivity contribution in [2.24, 2.45) is 0 Å². The molecule has 0 N–H and O–H groups in total. The van der Waals surface area contributed by atoms with E-state index in [1.165, 1.54) is 21.3 Å². The van der Waals surface area contributed by atoms with E-state index in [-0.39, 0.29) is 6.29 Å². The smallest absolute Gasteiger partial charge is 0.203 e. The topological polar surface area (TPSA) is 90.9 Å². The maximum Gasteiger partial charge on any atom is 0.203 e. The molecular weight excluding hydrogens is 432 g/mol. The van der Waals surface area contributed by atoms with E-state index in [1.807, 2.05) is 13.0 Å². The highest BCUT2D eigenvalue weighted by atomic mass is 16.7. The molecule has 9 nitrogen and oxygen atoms in total. The highest BCUT2D eigenvalue weighted by Crippen LogP contribution is 2.47. The summed E-state index contributed by atoms with van der Waals surface area (Å²) in [5, 5.41) is 0. The van der Waals surface area contributed by atoms with Gasteiger partial charge < -0.3 is 37.9 Å². The van der Waals surface area contributed by atoms with Crippen LogP contribution in [0.25, 0.3) is 0 Å². The standard InChI is InChI=1S/C20H24O7.C4H10O2/c1-22-14-8-7-12(9-15(14)23-2)18(25-4)17-13(11-21)10-16(24-3)19(26-5)20(17)27-6;1-4(5-2)6-3/h7-11,18H,1-6H3;4H,1-3H3. The average Bonchev–Trinajstić information content (AvgIpc) is 2.87. The zero-order chi connectivity index (χ0) is 25.0. The van der Waals surface area contributed by atoms with Gasteiger partial charge in [-0.3, -0.25) is 4.79 Å². The summed E-state index contributed by atoms with van der Waals surface area (Å²) in [6, 6.07) is 6.99. The number of carbonyl (C=O) groups excluding carboxylic acids is 1. The van der Waals surface area contributed by atoms with Gasteiger partial charge in [0, 0.05) is 32.5 Å². The minimum absolute atomic E-state index is 0.0648. The molecule has 0 fully saturated rings. The Hall–Kier alpha value is -3.01. The Kier molecular flexibility index (Phi) is 12.1. The second-order valence-electron chi connectivity index (χ2n) is 6.54. The fraction of sp³-hybridized carbons (Fsp3) is 0.458. The Morgan fingerprint density at radius 3 is 1.64 bits per heavy atom. The van der Waals surface area contributed by atoms with Gasteiger partial charge in [-0.25, -0.2) is 0 Å². The van der Waals surface area contributed by atoms with E-state index in [2.05, 4.69) is 9.47 Å². The Bertz CT molecular complexity index is 879. The lowest BCUT2D eigenvalue weighted by atomic mass is 9.94. The van der Waals surface area contributed by atoms with Crippen molar-refractivity contribution in [3.05, 3.63) is 41.0 Å². The number of methoxy groups -OCH3 is 8. The highest BCUT2D eigenvalue weighted by Gasteiger charge is 2.28. The van der Waals surface area contributed by atoms with E-state index >= 15 is 0 Å². The normalized spacial score (nSPS) is 11.2. The molecule has 0 aromatic heterocycles. The van der Waals surface area contributed by atoms with Crippen LogP contribution in [0.3, 0.4) is 0 Å². The number of hydrogen-bond acceptors (Lipinski definition) is 9. The van der Waals surface area contributed by atoms with Gasteiger partial charge >= 0.3 is 0 Å². The van der Waals surface area contributed by atoms with Crippen LogP contribution < -0.4 is 23.7 Å². The van der Waals surface area contributed by atoms with Gasteiger partial charge in [-0.1, -0.05) is 6.07 Å². The number of rotatable bonds is 11. The van der Waals surface area contributed by atoms with Crippen molar-refractivity contribution in [3.8, 4) is 28.7 Å². The molecule has 2 rings (SSSR count). The SMILES string of the molecule is COC(C)OC.COc1ccc(C(OC)c2c(C=O)cc(OC)c(OC)c2OC)cc1OC. The summed E-state index contributed by atoms with van der Waals surface area (Å²) in [4.78, 5) is 11.8. The van der Waals surface area contributed by atoms with Crippen LogP contribution in [0.2, 0.25) is 0 Å². The Morgan fingerprint density at radius 1 is 0.667 bits per heavy atom. The van der Waals surface area contributed by atoms with Crippen LogP contribution in [0.5, 0.6) is 28.7 Å². The molecule has 0 aliphatic rings. The van der Waals surface area contributed by atoms with Crippen molar-refractivity contribution in [1.29, 1.82) is 0 Å². The van der Waals surface area contributed by atoms with Gasteiger partial charge in [0.05, 0.1) is 35.5 Å². The average molecular weight is 467 g/mol. The van der Waals surface area contributed by atoms with Crippen molar-refractivity contribution in [2.75, 3.05) is 56.9 Å². The van der Waals surface area contributed by atoms with E-state index in [0.717, 1.165) is 11.8 Å². The second kappa shape index (κ2) is 14.2. The van der Waals surface area contributed by atoms with E-state index in [1.54, 1.807) is 53.7 Å². The predicted molar refractivity (Wildman–Crippen MR) is 123 cm³/mol. The first-order valence-corrected chi connectivity index (χ1v) is 9.99. The maximum absolute atomic E-state index is 11.8. The van der Waals surface area contributed by atoms with Gasteiger partial charge in [0.25, 0.3) is 0 Å². The van der Waals surface area contributed by atoms with Gasteiger partial charge in [0.1, 0.15) is 6.10 Å². The quantitative estimate of drug-likeness (QED) is 0.361. The van der Waals surface area contributed by atoms with Crippen LogP contribution in [0, 0.1) is 0 Å². The summed E-state index contributed by atoms with van der Waals surface area (Å²) in [6.07, 6.45) is 0.0526. The lowest BCUT2D eigenvalue weighted by molar-refractivity contribution is -0.0877. The van der Waals surface area contributed by atoms with Gasteiger partial charge in [-0.2, -0.15) is 0 Å². The van der Waals surface area contributed by atoms with Crippen LogP contribution in [0.15, 0.2) is 24.3 Å². The first-order chi connectivity index (χ1) is 15.9. The molecule has 0 amide bonds. The number of ether oxygens (including phenoxy) is 8. The third-order valence-electron chi connectivity index (χ3n) is 4.90. The molecule has 0 aliphatic heterocycles. The Morgan fingerprint density at radius 2 is 1.24 bits per heavy atom. The third kappa shape index (κ3) is 6.74. The van der Waals surface area contributed by atoms with Crippen LogP contribution in [-0.4, -0.2) is 69.5 Å². The molecule has 0 radical (unpaired) electrons. The lowest BCUT2D eigenvalue weighted by Crippen LogP contribution is -2.11. The van der Waals surface area contributed by atoms with E-state index in [0.29, 0.717) is 39.9 Å². The van der Waals surface area contributed by atoms with E-state index < -0.39 is 6.10 Å². The molecule has 0 saturated heterocycles. The monoisotopic (exact) mass is 466 g/mol. The maximum atomic E-state index is 11.8. The molecule has 0 bridgehead atoms. The van der Waals surface area contributed by atoms with Gasteiger partial charge in [-0.05, 0) is 30.7 Å². The summed E-state index contributed by atoms with van der Waals surface area (Å²) in [5.74, 6) is 2.27. The summed E-state index contributed by atoms with van der Waals surface area (Å²) in [5.41, 5.74) is 1.65. The van der Waals surface area contributed by atoms with Crippen LogP contribution in [0.4, 0.5) is 0 Å². The fourth-order valence-corrected chi connectivity index (χ4v) is 3.10. The summed E-state index contributed by atoms with van der Waals surface area (Å²) < 4.78 is 42.1. The van der Waals surface area contributed by atoms with Crippen molar-refractivity contribution in [2.45, 2.75) is 19.3 Å². The van der Waals surface area contributed by atoms with Crippen LogP contribution in [0.1, 0.15) is 34.5 Å². The Labute approximate surface area is 195 Å². The van der Waals surface area contributed by atoms with Crippen LogP contribution in [-0.2, 0) is 14.2 Å². The van der Waals surface area contributed by atoms with Gasteiger partial charge in [0.15, 0.2) is 35.6 Å². The van der Waals surface area contributed by atoms with Crippen molar-refractivity contribution in [1.82, 2.24) is 0 Å². The molecule has 0 saturated carbocycles. The molecule has 9 heteroatoms. The third-order valence-corrected chi connectivity index (χ3v) is 4.90. The summed E-state index contributed by atoms with van der Waals surface area (Å²) in [6.45, 7) is 1.83. The summed E-state index contributed by atoms with van der Waals surface area (Å²) in [7, 11) is 12.4. The van der Waals surface area contributed by atoms with Gasteiger partial charge in [-0.15, -0.1) is 0 Å². The molecule has 33 heavy (non-hydrogen) atoms. The molecule has 2 aromatic rings. The number of carbonyl (C=O) groups is 1. The predicted octanol–water partition coefficient (Wildman–Crippen LogP) is 3.90. The minimum Gasteiger partial charge on any atom is -0.493 e. The number of aldehydes is 1. The molecule has 1 atom stereocenters. The fourth-order valence-electron chi connectivity index (χ4n) is 3.10. The molecule has 2 aromatic carbocycles. The highest BCUT2D eigenvalue weighted by molar-refractivity contribution is 5.82. The van der Waals surface area contributed by atoms with Crippen LogP contribution >= 0.6 is 0 Å². The summed E-state index contributed by atoms with van der Waals surface area (Å²) >= 11 is 0. The molecule has 1 unspecified atom stereocenters. The van der Waals surface area contributed by atoms with Crippen molar-refractivity contribution in [3.63, 3.8) is 0 Å². The zero-order valence-corrected chi connectivity index (χ0v) is 20.7. The Balaban J connectivity index is 0.000000801. The van der Waals surface area contributed by atoms with Gasteiger partial charge in [0.2, 0.25) is 5.75 Å². The number of hydrogen-bond donors (Lipinski definition) is 0. The zero-order valence-electron chi connectivity index (χ0n) is 20.7.